The molecular weight excluding hydrogens is 320 g/mol. The number of esters is 1. The zero-order chi connectivity index (χ0) is 18.1. The lowest BCUT2D eigenvalue weighted by Gasteiger charge is -2.19. The first-order chi connectivity index (χ1) is 12.1. The third-order valence-corrected chi connectivity index (χ3v) is 3.59. The number of hydrogen-bond acceptors (Lipinski definition) is 4. The van der Waals surface area contributed by atoms with Crippen molar-refractivity contribution in [1.82, 2.24) is 10.6 Å². The van der Waals surface area contributed by atoms with Crippen LogP contribution in [0.4, 0.5) is 0 Å². The van der Waals surface area contributed by atoms with Gasteiger partial charge in [0.25, 0.3) is 5.91 Å². The zero-order valence-corrected chi connectivity index (χ0v) is 13.9. The summed E-state index contributed by atoms with van der Waals surface area (Å²) in [5.41, 5.74) is 1.32. The van der Waals surface area contributed by atoms with E-state index in [-0.39, 0.29) is 24.8 Å². The Labute approximate surface area is 146 Å². The van der Waals surface area contributed by atoms with E-state index < -0.39 is 12.0 Å². The highest BCUT2D eigenvalue weighted by Crippen LogP contribution is 2.17. The molecule has 0 aromatic heterocycles. The summed E-state index contributed by atoms with van der Waals surface area (Å²) in [6.07, 6.45) is 0.0135. The van der Waals surface area contributed by atoms with E-state index in [9.17, 15) is 14.4 Å². The highest BCUT2D eigenvalue weighted by atomic mass is 16.5. The molecule has 2 amide bonds. The Morgan fingerprint density at radius 2 is 1.56 bits per heavy atom. The van der Waals surface area contributed by atoms with Crippen LogP contribution in [-0.2, 0) is 14.3 Å². The Morgan fingerprint density at radius 1 is 0.960 bits per heavy atom. The molecule has 2 N–H and O–H groups in total. The number of methoxy groups -OCH3 is 1. The average molecular weight is 340 g/mol. The summed E-state index contributed by atoms with van der Waals surface area (Å²) in [5.74, 6) is -1.15. The van der Waals surface area contributed by atoms with Gasteiger partial charge in [0.05, 0.1) is 19.6 Å². The normalized spacial score (nSPS) is 11.2. The number of rotatable bonds is 7. The maximum Gasteiger partial charge on any atom is 0.325 e. The molecule has 0 spiro atoms. The third kappa shape index (κ3) is 5.76. The van der Waals surface area contributed by atoms with Gasteiger partial charge >= 0.3 is 5.97 Å². The van der Waals surface area contributed by atoms with E-state index in [4.69, 9.17) is 0 Å². The SMILES string of the molecule is COC(=O)CNC(=O)CC(NC(=O)c1ccccc1)c1ccccc1. The van der Waals surface area contributed by atoms with Crippen LogP contribution >= 0.6 is 0 Å². The van der Waals surface area contributed by atoms with Gasteiger partial charge in [-0.2, -0.15) is 0 Å². The van der Waals surface area contributed by atoms with E-state index in [0.29, 0.717) is 5.56 Å². The fraction of sp³-hybridized carbons (Fsp3) is 0.211. The number of ether oxygens (including phenoxy) is 1. The topological polar surface area (TPSA) is 84.5 Å². The summed E-state index contributed by atoms with van der Waals surface area (Å²) in [7, 11) is 1.25. The second-order valence-corrected chi connectivity index (χ2v) is 5.36. The monoisotopic (exact) mass is 340 g/mol. The molecule has 0 aliphatic rings. The van der Waals surface area contributed by atoms with Gasteiger partial charge < -0.3 is 15.4 Å². The number of amides is 2. The van der Waals surface area contributed by atoms with Crippen LogP contribution in [0.1, 0.15) is 28.4 Å². The van der Waals surface area contributed by atoms with Crippen molar-refractivity contribution in [2.45, 2.75) is 12.5 Å². The first-order valence-electron chi connectivity index (χ1n) is 7.84. The summed E-state index contributed by atoms with van der Waals surface area (Å²) >= 11 is 0. The minimum atomic E-state index is -0.530. The predicted molar refractivity (Wildman–Crippen MR) is 92.7 cm³/mol. The molecule has 2 aromatic rings. The smallest absolute Gasteiger partial charge is 0.325 e. The number of benzene rings is 2. The lowest BCUT2D eigenvalue weighted by Crippen LogP contribution is -2.35. The largest absolute Gasteiger partial charge is 0.468 e. The van der Waals surface area contributed by atoms with E-state index in [0.717, 1.165) is 5.56 Å². The third-order valence-electron chi connectivity index (χ3n) is 3.59. The molecule has 25 heavy (non-hydrogen) atoms. The van der Waals surface area contributed by atoms with Crippen molar-refractivity contribution in [3.8, 4) is 0 Å². The van der Waals surface area contributed by atoms with Crippen LogP contribution in [0.5, 0.6) is 0 Å². The standard InChI is InChI=1S/C19H20N2O4/c1-25-18(23)13-20-17(22)12-16(14-8-4-2-5-9-14)21-19(24)15-10-6-3-7-11-15/h2-11,16H,12-13H2,1H3,(H,20,22)(H,21,24). The molecule has 130 valence electrons. The van der Waals surface area contributed by atoms with Crippen LogP contribution in [-0.4, -0.2) is 31.4 Å². The highest BCUT2D eigenvalue weighted by molar-refractivity contribution is 5.94. The highest BCUT2D eigenvalue weighted by Gasteiger charge is 2.19. The van der Waals surface area contributed by atoms with Crippen LogP contribution in [0.2, 0.25) is 0 Å². The van der Waals surface area contributed by atoms with E-state index in [1.807, 2.05) is 36.4 Å². The maximum absolute atomic E-state index is 12.4. The molecule has 0 heterocycles. The second-order valence-electron chi connectivity index (χ2n) is 5.36. The van der Waals surface area contributed by atoms with Crippen molar-refractivity contribution in [2.75, 3.05) is 13.7 Å². The maximum atomic E-state index is 12.4. The number of carbonyl (C=O) groups excluding carboxylic acids is 3. The van der Waals surface area contributed by atoms with Gasteiger partial charge in [-0.25, -0.2) is 0 Å². The molecule has 1 atom stereocenters. The lowest BCUT2D eigenvalue weighted by atomic mass is 10.0. The van der Waals surface area contributed by atoms with Gasteiger partial charge in [-0.3, -0.25) is 14.4 Å². The number of nitrogens with one attached hydrogen (secondary N) is 2. The van der Waals surface area contributed by atoms with Crippen molar-refractivity contribution < 1.29 is 19.1 Å². The van der Waals surface area contributed by atoms with Crippen molar-refractivity contribution in [3.63, 3.8) is 0 Å². The first kappa shape index (κ1) is 18.2. The number of hydrogen-bond donors (Lipinski definition) is 2. The minimum absolute atomic E-state index is 0.0135. The average Bonchev–Trinajstić information content (AvgIpc) is 2.66. The van der Waals surface area contributed by atoms with E-state index >= 15 is 0 Å². The Kier molecular flexibility index (Phi) is 6.71. The molecule has 2 aromatic carbocycles. The molecule has 6 heteroatoms. The molecule has 0 fully saturated rings. The van der Waals surface area contributed by atoms with Crippen LogP contribution in [0.3, 0.4) is 0 Å². The molecular formula is C19H20N2O4. The lowest BCUT2D eigenvalue weighted by molar-refractivity contribution is -0.141. The van der Waals surface area contributed by atoms with E-state index in [2.05, 4.69) is 15.4 Å². The molecule has 0 saturated heterocycles. The molecule has 0 saturated carbocycles. The van der Waals surface area contributed by atoms with Gasteiger partial charge in [0.1, 0.15) is 6.54 Å². The van der Waals surface area contributed by atoms with E-state index in [1.165, 1.54) is 7.11 Å². The quantitative estimate of drug-likeness (QED) is 0.753. The van der Waals surface area contributed by atoms with Crippen molar-refractivity contribution in [3.05, 3.63) is 71.8 Å². The van der Waals surface area contributed by atoms with Crippen LogP contribution < -0.4 is 10.6 Å². The molecule has 6 nitrogen and oxygen atoms in total. The summed E-state index contributed by atoms with van der Waals surface area (Å²) in [6.45, 7) is -0.205. The predicted octanol–water partition coefficient (Wildman–Crippen LogP) is 1.84. The van der Waals surface area contributed by atoms with Crippen LogP contribution in [0.25, 0.3) is 0 Å². The second kappa shape index (κ2) is 9.22. The minimum Gasteiger partial charge on any atom is -0.468 e. The van der Waals surface area contributed by atoms with Crippen molar-refractivity contribution in [1.29, 1.82) is 0 Å². The molecule has 0 radical (unpaired) electrons. The van der Waals surface area contributed by atoms with Crippen molar-refractivity contribution >= 4 is 17.8 Å². The van der Waals surface area contributed by atoms with Crippen LogP contribution in [0, 0.1) is 0 Å². The molecule has 0 aliphatic carbocycles. The van der Waals surface area contributed by atoms with Gasteiger partial charge in [0.15, 0.2) is 0 Å². The fourth-order valence-electron chi connectivity index (χ4n) is 2.27. The van der Waals surface area contributed by atoms with Gasteiger partial charge in [-0.15, -0.1) is 0 Å². The summed E-state index contributed by atoms with van der Waals surface area (Å²) in [5, 5.41) is 5.35. The molecule has 2 rings (SSSR count). The first-order valence-corrected chi connectivity index (χ1v) is 7.84. The summed E-state index contributed by atoms with van der Waals surface area (Å²) in [6, 6.07) is 17.5. The van der Waals surface area contributed by atoms with Gasteiger partial charge in [-0.1, -0.05) is 48.5 Å². The Bertz CT molecular complexity index is 717. The fourth-order valence-corrected chi connectivity index (χ4v) is 2.27. The van der Waals surface area contributed by atoms with Crippen molar-refractivity contribution in [2.24, 2.45) is 0 Å². The Hall–Kier alpha value is -3.15. The van der Waals surface area contributed by atoms with Gasteiger partial charge in [-0.05, 0) is 17.7 Å². The molecule has 0 aliphatic heterocycles. The van der Waals surface area contributed by atoms with E-state index in [1.54, 1.807) is 24.3 Å². The summed E-state index contributed by atoms with van der Waals surface area (Å²) in [4.78, 5) is 35.6. The Balaban J connectivity index is 2.07. The number of carbonyl (C=O) groups is 3. The molecule has 1 unspecified atom stereocenters. The van der Waals surface area contributed by atoms with Gasteiger partial charge in [0.2, 0.25) is 5.91 Å². The molecule has 0 bridgehead atoms. The summed E-state index contributed by atoms with van der Waals surface area (Å²) < 4.78 is 4.49. The van der Waals surface area contributed by atoms with Gasteiger partial charge in [0, 0.05) is 5.56 Å². The Morgan fingerprint density at radius 3 is 2.16 bits per heavy atom. The zero-order valence-electron chi connectivity index (χ0n) is 13.9. The van der Waals surface area contributed by atoms with Crippen LogP contribution in [0.15, 0.2) is 60.7 Å².